The van der Waals surface area contributed by atoms with Gasteiger partial charge in [0.2, 0.25) is 5.88 Å². The molecule has 0 spiro atoms. The van der Waals surface area contributed by atoms with Gasteiger partial charge in [-0.1, -0.05) is 23.7 Å². The fourth-order valence-electron chi connectivity index (χ4n) is 1.95. The lowest BCUT2D eigenvalue weighted by molar-refractivity contribution is 0.216. The standard InChI is InChI=1S/C15H19ClN4O2/c1-10(22-13-6-4-3-5-12(13)16)7-18-8-11-14(17)19-9-20-15(11)21-2/h3-6,9-10,18H,7-8H2,1-2H3,(H2,17,19,20). The predicted octanol–water partition coefficient (Wildman–Crippen LogP) is 2.28. The first-order valence-electron chi connectivity index (χ1n) is 6.87. The number of methoxy groups -OCH3 is 1. The minimum atomic E-state index is -0.0586. The molecule has 2 aromatic rings. The van der Waals surface area contributed by atoms with Crippen LogP contribution in [0.2, 0.25) is 5.02 Å². The van der Waals surface area contributed by atoms with Crippen LogP contribution in [0.4, 0.5) is 5.82 Å². The van der Waals surface area contributed by atoms with Gasteiger partial charge >= 0.3 is 0 Å². The van der Waals surface area contributed by atoms with Crippen LogP contribution in [-0.4, -0.2) is 29.7 Å². The Kier molecular flexibility index (Phi) is 5.80. The van der Waals surface area contributed by atoms with Gasteiger partial charge in [0.25, 0.3) is 0 Å². The molecule has 0 saturated heterocycles. The van der Waals surface area contributed by atoms with Crippen molar-refractivity contribution >= 4 is 17.4 Å². The molecule has 0 amide bonds. The third-order valence-electron chi connectivity index (χ3n) is 3.03. The van der Waals surface area contributed by atoms with Crippen LogP contribution >= 0.6 is 11.6 Å². The van der Waals surface area contributed by atoms with Crippen LogP contribution in [0.25, 0.3) is 0 Å². The number of nitrogens with two attached hydrogens (primary N) is 1. The molecule has 3 N–H and O–H groups in total. The molecule has 0 saturated carbocycles. The van der Waals surface area contributed by atoms with E-state index < -0.39 is 0 Å². The second-order valence-electron chi connectivity index (χ2n) is 4.74. The normalized spacial score (nSPS) is 12.0. The van der Waals surface area contributed by atoms with Crippen molar-refractivity contribution in [2.75, 3.05) is 19.4 Å². The molecule has 0 radical (unpaired) electrons. The molecule has 6 nitrogen and oxygen atoms in total. The minimum Gasteiger partial charge on any atom is -0.488 e. The lowest BCUT2D eigenvalue weighted by Gasteiger charge is -2.17. The average Bonchev–Trinajstić information content (AvgIpc) is 2.51. The molecular formula is C15H19ClN4O2. The van der Waals surface area contributed by atoms with Gasteiger partial charge in [-0.25, -0.2) is 9.97 Å². The van der Waals surface area contributed by atoms with Crippen molar-refractivity contribution in [2.45, 2.75) is 19.6 Å². The molecule has 1 aromatic carbocycles. The van der Waals surface area contributed by atoms with Gasteiger partial charge in [0.05, 0.1) is 17.7 Å². The van der Waals surface area contributed by atoms with Crippen LogP contribution in [0.1, 0.15) is 12.5 Å². The van der Waals surface area contributed by atoms with Gasteiger partial charge in [0.15, 0.2) is 0 Å². The lowest BCUT2D eigenvalue weighted by atomic mass is 10.2. The molecule has 0 aliphatic carbocycles. The Morgan fingerprint density at radius 3 is 2.82 bits per heavy atom. The summed E-state index contributed by atoms with van der Waals surface area (Å²) in [5, 5.41) is 3.84. The fraction of sp³-hybridized carbons (Fsp3) is 0.333. The average molecular weight is 323 g/mol. The molecule has 0 fully saturated rings. The number of aromatic nitrogens is 2. The Labute approximate surface area is 134 Å². The maximum Gasteiger partial charge on any atom is 0.222 e. The number of benzene rings is 1. The number of nitrogens with one attached hydrogen (secondary N) is 1. The quantitative estimate of drug-likeness (QED) is 0.813. The van der Waals surface area contributed by atoms with E-state index in [1.807, 2.05) is 25.1 Å². The first-order valence-corrected chi connectivity index (χ1v) is 7.25. The molecule has 22 heavy (non-hydrogen) atoms. The number of para-hydroxylation sites is 1. The van der Waals surface area contributed by atoms with E-state index >= 15 is 0 Å². The van der Waals surface area contributed by atoms with E-state index in [9.17, 15) is 0 Å². The zero-order valence-electron chi connectivity index (χ0n) is 12.5. The lowest BCUT2D eigenvalue weighted by Crippen LogP contribution is -2.29. The highest BCUT2D eigenvalue weighted by Crippen LogP contribution is 2.24. The summed E-state index contributed by atoms with van der Waals surface area (Å²) in [6.07, 6.45) is 1.32. The molecule has 0 bridgehead atoms. The van der Waals surface area contributed by atoms with E-state index in [2.05, 4.69) is 15.3 Å². The van der Waals surface area contributed by atoms with Crippen molar-refractivity contribution in [1.29, 1.82) is 0 Å². The van der Waals surface area contributed by atoms with Crippen LogP contribution in [0.5, 0.6) is 11.6 Å². The molecule has 1 atom stereocenters. The van der Waals surface area contributed by atoms with E-state index in [0.29, 0.717) is 35.6 Å². The monoisotopic (exact) mass is 322 g/mol. The smallest absolute Gasteiger partial charge is 0.222 e. The zero-order valence-corrected chi connectivity index (χ0v) is 13.3. The number of rotatable bonds is 7. The van der Waals surface area contributed by atoms with Crippen molar-refractivity contribution in [3.8, 4) is 11.6 Å². The third kappa shape index (κ3) is 4.22. The second-order valence-corrected chi connectivity index (χ2v) is 5.14. The van der Waals surface area contributed by atoms with Crippen molar-refractivity contribution in [1.82, 2.24) is 15.3 Å². The van der Waals surface area contributed by atoms with E-state index in [4.69, 9.17) is 26.8 Å². The van der Waals surface area contributed by atoms with Crippen LogP contribution in [0.3, 0.4) is 0 Å². The summed E-state index contributed by atoms with van der Waals surface area (Å²) in [4.78, 5) is 8.00. The largest absolute Gasteiger partial charge is 0.488 e. The Bertz CT molecular complexity index is 624. The van der Waals surface area contributed by atoms with Crippen LogP contribution < -0.4 is 20.5 Å². The van der Waals surface area contributed by atoms with Crippen molar-refractivity contribution in [3.63, 3.8) is 0 Å². The Balaban J connectivity index is 1.88. The Morgan fingerprint density at radius 1 is 1.32 bits per heavy atom. The number of nitrogens with zero attached hydrogens (tertiary/aromatic N) is 2. The number of hydrogen-bond acceptors (Lipinski definition) is 6. The molecule has 0 aliphatic rings. The molecular weight excluding hydrogens is 304 g/mol. The van der Waals surface area contributed by atoms with Crippen molar-refractivity contribution < 1.29 is 9.47 Å². The van der Waals surface area contributed by atoms with Crippen LogP contribution in [0.15, 0.2) is 30.6 Å². The first kappa shape index (κ1) is 16.3. The number of nitrogen functional groups attached to an aromatic ring is 1. The first-order chi connectivity index (χ1) is 10.6. The van der Waals surface area contributed by atoms with Crippen LogP contribution in [-0.2, 0) is 6.54 Å². The third-order valence-corrected chi connectivity index (χ3v) is 3.34. The van der Waals surface area contributed by atoms with Crippen molar-refractivity contribution in [2.24, 2.45) is 0 Å². The minimum absolute atomic E-state index is 0.0586. The highest BCUT2D eigenvalue weighted by Gasteiger charge is 2.11. The van der Waals surface area contributed by atoms with Crippen molar-refractivity contribution in [3.05, 3.63) is 41.2 Å². The predicted molar refractivity (Wildman–Crippen MR) is 86.2 cm³/mol. The van der Waals surface area contributed by atoms with Gasteiger partial charge in [0.1, 0.15) is 24.0 Å². The van der Waals surface area contributed by atoms with Gasteiger partial charge < -0.3 is 20.5 Å². The number of anilines is 1. The molecule has 1 unspecified atom stereocenters. The molecule has 7 heteroatoms. The molecule has 0 aliphatic heterocycles. The molecule has 1 aromatic heterocycles. The topological polar surface area (TPSA) is 82.3 Å². The highest BCUT2D eigenvalue weighted by atomic mass is 35.5. The summed E-state index contributed by atoms with van der Waals surface area (Å²) < 4.78 is 11.0. The van der Waals surface area contributed by atoms with E-state index in [1.54, 1.807) is 13.2 Å². The summed E-state index contributed by atoms with van der Waals surface area (Å²) in [5.41, 5.74) is 6.57. The van der Waals surface area contributed by atoms with Gasteiger partial charge in [0, 0.05) is 13.1 Å². The fourth-order valence-corrected chi connectivity index (χ4v) is 2.13. The highest BCUT2D eigenvalue weighted by molar-refractivity contribution is 6.32. The number of halogens is 1. The van der Waals surface area contributed by atoms with Gasteiger partial charge in [-0.2, -0.15) is 0 Å². The molecule has 1 heterocycles. The second kappa shape index (κ2) is 7.82. The summed E-state index contributed by atoms with van der Waals surface area (Å²) in [6.45, 7) is 3.06. The summed E-state index contributed by atoms with van der Waals surface area (Å²) in [7, 11) is 1.55. The zero-order chi connectivity index (χ0) is 15.9. The maximum atomic E-state index is 6.06. The van der Waals surface area contributed by atoms with E-state index in [0.717, 1.165) is 5.56 Å². The summed E-state index contributed by atoms with van der Waals surface area (Å²) in [6, 6.07) is 7.38. The number of hydrogen-bond donors (Lipinski definition) is 2. The summed E-state index contributed by atoms with van der Waals surface area (Å²) >= 11 is 6.06. The Hall–Kier alpha value is -2.05. The Morgan fingerprint density at radius 2 is 2.09 bits per heavy atom. The van der Waals surface area contributed by atoms with Crippen LogP contribution in [0, 0.1) is 0 Å². The van der Waals surface area contributed by atoms with E-state index in [1.165, 1.54) is 6.33 Å². The molecule has 118 valence electrons. The van der Waals surface area contributed by atoms with Gasteiger partial charge in [-0.15, -0.1) is 0 Å². The van der Waals surface area contributed by atoms with Gasteiger partial charge in [-0.05, 0) is 19.1 Å². The van der Waals surface area contributed by atoms with Gasteiger partial charge in [-0.3, -0.25) is 0 Å². The SMILES string of the molecule is COc1ncnc(N)c1CNCC(C)Oc1ccccc1Cl. The molecule has 2 rings (SSSR count). The number of ether oxygens (including phenoxy) is 2. The van der Waals surface area contributed by atoms with E-state index in [-0.39, 0.29) is 6.10 Å². The summed E-state index contributed by atoms with van der Waals surface area (Å²) in [5.74, 6) is 1.54. The maximum absolute atomic E-state index is 6.06.